The molecule has 114 valence electrons. The highest BCUT2D eigenvalue weighted by Crippen LogP contribution is 2.31. The summed E-state index contributed by atoms with van der Waals surface area (Å²) in [6.45, 7) is 9.92. The molecule has 1 aromatic rings. The summed E-state index contributed by atoms with van der Waals surface area (Å²) in [7, 11) is 0. The average molecular weight is 296 g/mol. The van der Waals surface area contributed by atoms with E-state index in [-0.39, 0.29) is 0 Å². The zero-order valence-electron chi connectivity index (χ0n) is 13.5. The predicted octanol–water partition coefficient (Wildman–Crippen LogP) is 5.91. The molecule has 0 amide bonds. The van der Waals surface area contributed by atoms with Gasteiger partial charge in [-0.3, -0.25) is 0 Å². The van der Waals surface area contributed by atoms with Crippen LogP contribution in [0.3, 0.4) is 0 Å². The highest BCUT2D eigenvalue weighted by molar-refractivity contribution is 6.31. The van der Waals surface area contributed by atoms with Gasteiger partial charge in [-0.25, -0.2) is 0 Å². The molecule has 0 aliphatic carbocycles. The van der Waals surface area contributed by atoms with E-state index >= 15 is 0 Å². The first-order valence-electron chi connectivity index (χ1n) is 8.13. The molecule has 0 aliphatic heterocycles. The van der Waals surface area contributed by atoms with Gasteiger partial charge < -0.3 is 5.32 Å². The Morgan fingerprint density at radius 1 is 1.15 bits per heavy atom. The Hall–Kier alpha value is -0.530. The Morgan fingerprint density at radius 2 is 1.90 bits per heavy atom. The summed E-state index contributed by atoms with van der Waals surface area (Å²) in [6.07, 6.45) is 6.25. The van der Waals surface area contributed by atoms with E-state index in [0.29, 0.717) is 12.0 Å². The van der Waals surface area contributed by atoms with Crippen molar-refractivity contribution in [2.24, 2.45) is 5.92 Å². The van der Waals surface area contributed by atoms with Crippen LogP contribution in [0.1, 0.15) is 70.0 Å². The Kier molecular flexibility index (Phi) is 8.25. The maximum atomic E-state index is 6.32. The molecule has 0 spiro atoms. The van der Waals surface area contributed by atoms with Crippen molar-refractivity contribution in [1.82, 2.24) is 5.32 Å². The number of nitrogens with one attached hydrogen (secondary N) is 1. The lowest BCUT2D eigenvalue weighted by Gasteiger charge is -2.28. The van der Waals surface area contributed by atoms with Gasteiger partial charge in [0.25, 0.3) is 0 Å². The van der Waals surface area contributed by atoms with Crippen LogP contribution in [0.15, 0.2) is 18.2 Å². The number of hydrogen-bond acceptors (Lipinski definition) is 1. The molecule has 0 aliphatic rings. The lowest BCUT2D eigenvalue weighted by molar-refractivity contribution is 0.323. The monoisotopic (exact) mass is 295 g/mol. The van der Waals surface area contributed by atoms with Crippen LogP contribution in [-0.2, 0) is 0 Å². The third kappa shape index (κ3) is 5.10. The zero-order chi connectivity index (χ0) is 15.0. The Bertz CT molecular complexity index is 389. The highest BCUT2D eigenvalue weighted by atomic mass is 35.5. The molecular formula is C18H30ClN. The minimum absolute atomic E-state index is 0.435. The van der Waals surface area contributed by atoms with Crippen LogP contribution < -0.4 is 5.32 Å². The first-order chi connectivity index (χ1) is 9.63. The molecule has 0 aromatic heterocycles. The molecule has 2 heteroatoms. The van der Waals surface area contributed by atoms with E-state index in [9.17, 15) is 0 Å². The van der Waals surface area contributed by atoms with Crippen LogP contribution in [0.4, 0.5) is 0 Å². The minimum atomic E-state index is 0.435. The molecule has 0 saturated carbocycles. The average Bonchev–Trinajstić information content (AvgIpc) is 2.45. The van der Waals surface area contributed by atoms with Crippen molar-refractivity contribution in [3.8, 4) is 0 Å². The summed E-state index contributed by atoms with van der Waals surface area (Å²) in [4.78, 5) is 0. The zero-order valence-corrected chi connectivity index (χ0v) is 14.3. The lowest BCUT2D eigenvalue weighted by Crippen LogP contribution is -2.29. The SMILES string of the molecule is CCCCC(CC)C(NCCC)c1ccc(C)c(Cl)c1. The summed E-state index contributed by atoms with van der Waals surface area (Å²) in [5, 5.41) is 4.62. The van der Waals surface area contributed by atoms with Gasteiger partial charge in [-0.05, 0) is 49.4 Å². The number of rotatable bonds is 9. The summed E-state index contributed by atoms with van der Waals surface area (Å²) >= 11 is 6.32. The summed E-state index contributed by atoms with van der Waals surface area (Å²) in [5.74, 6) is 0.695. The number of hydrogen-bond donors (Lipinski definition) is 1. The van der Waals surface area contributed by atoms with Gasteiger partial charge in [0.2, 0.25) is 0 Å². The minimum Gasteiger partial charge on any atom is -0.310 e. The van der Waals surface area contributed by atoms with Gasteiger partial charge in [0.15, 0.2) is 0 Å². The Balaban J connectivity index is 2.93. The number of halogens is 1. The summed E-state index contributed by atoms with van der Waals surface area (Å²) < 4.78 is 0. The molecule has 1 rings (SSSR count). The number of aryl methyl sites for hydroxylation is 1. The first-order valence-corrected chi connectivity index (χ1v) is 8.51. The lowest BCUT2D eigenvalue weighted by atomic mass is 9.86. The van der Waals surface area contributed by atoms with Gasteiger partial charge in [-0.15, -0.1) is 0 Å². The largest absolute Gasteiger partial charge is 0.310 e. The van der Waals surface area contributed by atoms with Crippen molar-refractivity contribution in [1.29, 1.82) is 0 Å². The Morgan fingerprint density at radius 3 is 2.45 bits per heavy atom. The van der Waals surface area contributed by atoms with E-state index in [2.05, 4.69) is 51.2 Å². The van der Waals surface area contributed by atoms with Gasteiger partial charge in [-0.2, -0.15) is 0 Å². The molecule has 2 atom stereocenters. The van der Waals surface area contributed by atoms with E-state index in [1.165, 1.54) is 37.7 Å². The molecule has 0 saturated heterocycles. The molecule has 20 heavy (non-hydrogen) atoms. The van der Waals surface area contributed by atoms with Gasteiger partial charge >= 0.3 is 0 Å². The van der Waals surface area contributed by atoms with E-state index < -0.39 is 0 Å². The standard InChI is InChI=1S/C18H30ClN/c1-5-8-9-15(7-3)18(20-12-6-2)16-11-10-14(4)17(19)13-16/h10-11,13,15,18,20H,5-9,12H2,1-4H3. The van der Waals surface area contributed by atoms with Crippen LogP contribution in [0.2, 0.25) is 5.02 Å². The molecule has 1 N–H and O–H groups in total. The van der Waals surface area contributed by atoms with E-state index in [0.717, 1.165) is 17.1 Å². The van der Waals surface area contributed by atoms with Crippen LogP contribution in [-0.4, -0.2) is 6.54 Å². The van der Waals surface area contributed by atoms with Crippen molar-refractivity contribution < 1.29 is 0 Å². The second kappa shape index (κ2) is 9.41. The van der Waals surface area contributed by atoms with Crippen molar-refractivity contribution in [3.63, 3.8) is 0 Å². The molecule has 1 aromatic carbocycles. The molecule has 0 radical (unpaired) electrons. The van der Waals surface area contributed by atoms with Gasteiger partial charge in [-0.1, -0.05) is 63.8 Å². The molecule has 0 heterocycles. The van der Waals surface area contributed by atoms with E-state index in [1.54, 1.807) is 0 Å². The van der Waals surface area contributed by atoms with Gasteiger partial charge in [0.05, 0.1) is 0 Å². The van der Waals surface area contributed by atoms with Crippen LogP contribution in [0, 0.1) is 12.8 Å². The van der Waals surface area contributed by atoms with Crippen molar-refractivity contribution in [2.45, 2.75) is 65.8 Å². The maximum Gasteiger partial charge on any atom is 0.0438 e. The molecule has 0 fully saturated rings. The Labute approximate surface area is 130 Å². The quantitative estimate of drug-likeness (QED) is 0.597. The second-order valence-corrected chi connectivity index (χ2v) is 6.16. The normalized spacial score (nSPS) is 14.2. The van der Waals surface area contributed by atoms with E-state index in [1.807, 2.05) is 0 Å². The topological polar surface area (TPSA) is 12.0 Å². The van der Waals surface area contributed by atoms with Crippen LogP contribution in [0.5, 0.6) is 0 Å². The van der Waals surface area contributed by atoms with Crippen LogP contribution >= 0.6 is 11.6 Å². The third-order valence-corrected chi connectivity index (χ3v) is 4.50. The molecule has 1 nitrogen and oxygen atoms in total. The second-order valence-electron chi connectivity index (χ2n) is 5.75. The summed E-state index contributed by atoms with van der Waals surface area (Å²) in [6, 6.07) is 6.97. The third-order valence-electron chi connectivity index (χ3n) is 4.09. The predicted molar refractivity (Wildman–Crippen MR) is 90.5 cm³/mol. The van der Waals surface area contributed by atoms with Gasteiger partial charge in [0.1, 0.15) is 0 Å². The molecule has 2 unspecified atom stereocenters. The molecular weight excluding hydrogens is 266 g/mol. The number of benzene rings is 1. The number of unbranched alkanes of at least 4 members (excludes halogenated alkanes) is 1. The maximum absolute atomic E-state index is 6.32. The van der Waals surface area contributed by atoms with Gasteiger partial charge in [0, 0.05) is 11.1 Å². The fraction of sp³-hybridized carbons (Fsp3) is 0.667. The van der Waals surface area contributed by atoms with Crippen LogP contribution in [0.25, 0.3) is 0 Å². The van der Waals surface area contributed by atoms with E-state index in [4.69, 9.17) is 11.6 Å². The van der Waals surface area contributed by atoms with Crippen molar-refractivity contribution in [2.75, 3.05) is 6.54 Å². The fourth-order valence-corrected chi connectivity index (χ4v) is 2.92. The summed E-state index contributed by atoms with van der Waals surface area (Å²) in [5.41, 5.74) is 2.50. The fourth-order valence-electron chi connectivity index (χ4n) is 2.73. The van der Waals surface area contributed by atoms with Crippen molar-refractivity contribution >= 4 is 11.6 Å². The molecule has 0 bridgehead atoms. The smallest absolute Gasteiger partial charge is 0.0438 e. The highest BCUT2D eigenvalue weighted by Gasteiger charge is 2.21. The van der Waals surface area contributed by atoms with Crippen molar-refractivity contribution in [3.05, 3.63) is 34.3 Å². The first kappa shape index (κ1) is 17.5.